The van der Waals surface area contributed by atoms with Crippen LogP contribution >= 0.6 is 23.1 Å². The number of amides is 1. The Morgan fingerprint density at radius 3 is 2.66 bits per heavy atom. The van der Waals surface area contributed by atoms with Crippen molar-refractivity contribution in [2.75, 3.05) is 18.2 Å². The minimum absolute atomic E-state index is 0.0570. The van der Waals surface area contributed by atoms with E-state index in [1.165, 1.54) is 42.3 Å². The molecule has 3 rings (SSSR count). The number of aryl methyl sites for hydroxylation is 1. The lowest BCUT2D eigenvalue weighted by molar-refractivity contribution is -0.113. The fourth-order valence-electron chi connectivity index (χ4n) is 3.48. The molecule has 0 aliphatic heterocycles. The molecule has 0 aliphatic rings. The number of hydrogen-bond acceptors (Lipinski definition) is 8. The molecule has 1 aromatic carbocycles. The Hall–Kier alpha value is -3.18. The SMILES string of the molecule is C=CCn1c(SCC(=O)Nc2sc(C)c(CC)c2C(=O)OC)nnc1C(C)Oc1ccc(F)cc1. The summed E-state index contributed by atoms with van der Waals surface area (Å²) in [5.74, 6) is 0.000993. The number of nitrogens with one attached hydrogen (secondary N) is 1. The van der Waals surface area contributed by atoms with Gasteiger partial charge in [-0.15, -0.1) is 28.1 Å². The number of aromatic nitrogens is 3. The first kappa shape index (κ1) is 26.4. The van der Waals surface area contributed by atoms with Crippen molar-refractivity contribution in [3.05, 3.63) is 64.6 Å². The number of esters is 1. The molecule has 35 heavy (non-hydrogen) atoms. The van der Waals surface area contributed by atoms with Crippen LogP contribution in [0, 0.1) is 12.7 Å². The third-order valence-electron chi connectivity index (χ3n) is 5.08. The van der Waals surface area contributed by atoms with E-state index in [0.29, 0.717) is 40.3 Å². The van der Waals surface area contributed by atoms with Crippen LogP contribution in [-0.4, -0.2) is 39.5 Å². The topological polar surface area (TPSA) is 95.3 Å². The molecule has 0 aliphatic carbocycles. The molecule has 3 aromatic rings. The standard InChI is InChI=1S/C24H27FN4O4S2/c1-6-12-29-21(14(3)33-17-10-8-16(25)9-11-17)27-28-24(29)34-13-19(30)26-22-20(23(31)32-5)18(7-2)15(4)35-22/h6,8-11,14H,1,7,12-13H2,2-5H3,(H,26,30). The smallest absolute Gasteiger partial charge is 0.341 e. The maximum atomic E-state index is 13.2. The van der Waals surface area contributed by atoms with E-state index in [4.69, 9.17) is 9.47 Å². The van der Waals surface area contributed by atoms with Gasteiger partial charge in [0.1, 0.15) is 16.6 Å². The molecular weight excluding hydrogens is 491 g/mol. The van der Waals surface area contributed by atoms with Crippen LogP contribution < -0.4 is 10.1 Å². The van der Waals surface area contributed by atoms with E-state index >= 15 is 0 Å². The molecule has 0 saturated heterocycles. The zero-order valence-electron chi connectivity index (χ0n) is 20.0. The maximum absolute atomic E-state index is 13.2. The van der Waals surface area contributed by atoms with Crippen molar-refractivity contribution in [1.29, 1.82) is 0 Å². The minimum Gasteiger partial charge on any atom is -0.483 e. The van der Waals surface area contributed by atoms with Crippen LogP contribution in [0.5, 0.6) is 5.75 Å². The van der Waals surface area contributed by atoms with Crippen LogP contribution in [0.1, 0.15) is 46.6 Å². The van der Waals surface area contributed by atoms with E-state index in [1.807, 2.05) is 25.3 Å². The average Bonchev–Trinajstić information content (AvgIpc) is 3.38. The van der Waals surface area contributed by atoms with Gasteiger partial charge >= 0.3 is 5.97 Å². The number of nitrogens with zero attached hydrogens (tertiary/aromatic N) is 3. The van der Waals surface area contributed by atoms with Crippen molar-refractivity contribution in [3.63, 3.8) is 0 Å². The van der Waals surface area contributed by atoms with Crippen molar-refractivity contribution < 1.29 is 23.5 Å². The summed E-state index contributed by atoms with van der Waals surface area (Å²) in [7, 11) is 1.32. The Bertz CT molecular complexity index is 1210. The molecule has 1 unspecified atom stereocenters. The van der Waals surface area contributed by atoms with Crippen molar-refractivity contribution in [2.24, 2.45) is 0 Å². The number of thiophene rings is 1. The van der Waals surface area contributed by atoms with Crippen LogP contribution in [0.2, 0.25) is 0 Å². The molecule has 2 aromatic heterocycles. The van der Waals surface area contributed by atoms with E-state index < -0.39 is 12.1 Å². The lowest BCUT2D eigenvalue weighted by atomic mass is 10.1. The fourth-order valence-corrected chi connectivity index (χ4v) is 5.39. The van der Waals surface area contributed by atoms with Crippen molar-refractivity contribution in [3.8, 4) is 5.75 Å². The Labute approximate surface area is 211 Å². The number of halogens is 1. The van der Waals surface area contributed by atoms with Gasteiger partial charge in [0.25, 0.3) is 0 Å². The minimum atomic E-state index is -0.473. The Kier molecular flexibility index (Phi) is 9.05. The fraction of sp³-hybridized carbons (Fsp3) is 0.333. The van der Waals surface area contributed by atoms with Crippen LogP contribution in [0.25, 0.3) is 0 Å². The number of ether oxygens (including phenoxy) is 2. The van der Waals surface area contributed by atoms with Gasteiger partial charge in [0, 0.05) is 11.4 Å². The molecule has 186 valence electrons. The summed E-state index contributed by atoms with van der Waals surface area (Å²) in [6.07, 6.45) is 1.88. The number of allylic oxidation sites excluding steroid dienone is 1. The number of methoxy groups -OCH3 is 1. The molecule has 2 heterocycles. The number of anilines is 1. The molecule has 1 atom stereocenters. The highest BCUT2D eigenvalue weighted by Crippen LogP contribution is 2.34. The second-order valence-corrected chi connectivity index (χ2v) is 9.64. The van der Waals surface area contributed by atoms with Crippen LogP contribution in [0.4, 0.5) is 9.39 Å². The van der Waals surface area contributed by atoms with Gasteiger partial charge < -0.3 is 14.8 Å². The average molecular weight is 519 g/mol. The van der Waals surface area contributed by atoms with Gasteiger partial charge in [-0.2, -0.15) is 0 Å². The molecule has 0 saturated carbocycles. The zero-order chi connectivity index (χ0) is 25.5. The van der Waals surface area contributed by atoms with Gasteiger partial charge in [-0.1, -0.05) is 24.8 Å². The summed E-state index contributed by atoms with van der Waals surface area (Å²) in [6, 6.07) is 5.72. The summed E-state index contributed by atoms with van der Waals surface area (Å²) in [5.41, 5.74) is 1.27. The van der Waals surface area contributed by atoms with E-state index in [-0.39, 0.29) is 17.5 Å². The summed E-state index contributed by atoms with van der Waals surface area (Å²) in [5, 5.41) is 12.3. The second kappa shape index (κ2) is 12.0. The molecule has 0 radical (unpaired) electrons. The second-order valence-electron chi connectivity index (χ2n) is 7.48. The molecule has 11 heteroatoms. The van der Waals surface area contributed by atoms with Gasteiger partial charge in [-0.25, -0.2) is 9.18 Å². The van der Waals surface area contributed by atoms with Crippen LogP contribution in [0.15, 0.2) is 42.1 Å². The number of carbonyl (C=O) groups excluding carboxylic acids is 2. The highest BCUT2D eigenvalue weighted by atomic mass is 32.2. The summed E-state index contributed by atoms with van der Waals surface area (Å²) in [6.45, 7) is 9.88. The number of thioether (sulfide) groups is 1. The Balaban J connectivity index is 1.71. The predicted molar refractivity (Wildman–Crippen MR) is 135 cm³/mol. The molecule has 0 bridgehead atoms. The Morgan fingerprint density at radius 1 is 1.31 bits per heavy atom. The predicted octanol–water partition coefficient (Wildman–Crippen LogP) is 5.19. The molecule has 8 nitrogen and oxygen atoms in total. The lowest BCUT2D eigenvalue weighted by Gasteiger charge is -2.15. The number of hydrogen-bond donors (Lipinski definition) is 1. The van der Waals surface area contributed by atoms with E-state index in [1.54, 1.807) is 18.2 Å². The Morgan fingerprint density at radius 2 is 2.03 bits per heavy atom. The normalized spacial score (nSPS) is 11.7. The van der Waals surface area contributed by atoms with E-state index in [9.17, 15) is 14.0 Å². The van der Waals surface area contributed by atoms with Crippen molar-refractivity contribution in [1.82, 2.24) is 14.8 Å². The number of rotatable bonds is 11. The third kappa shape index (κ3) is 6.29. The lowest BCUT2D eigenvalue weighted by Crippen LogP contribution is -2.17. The number of benzene rings is 1. The van der Waals surface area contributed by atoms with Gasteiger partial charge in [-0.05, 0) is 50.1 Å². The monoisotopic (exact) mass is 518 g/mol. The molecule has 0 fully saturated rings. The largest absolute Gasteiger partial charge is 0.483 e. The number of carbonyl (C=O) groups is 2. The molecule has 1 amide bonds. The first-order valence-corrected chi connectivity index (χ1v) is 12.7. The molecular formula is C24H27FN4O4S2. The summed E-state index contributed by atoms with van der Waals surface area (Å²) in [4.78, 5) is 26.0. The van der Waals surface area contributed by atoms with Gasteiger partial charge in [0.2, 0.25) is 5.91 Å². The zero-order valence-corrected chi connectivity index (χ0v) is 21.6. The highest BCUT2D eigenvalue weighted by molar-refractivity contribution is 7.99. The molecule has 1 N–H and O–H groups in total. The van der Waals surface area contributed by atoms with Crippen LogP contribution in [0.3, 0.4) is 0 Å². The highest BCUT2D eigenvalue weighted by Gasteiger charge is 2.24. The van der Waals surface area contributed by atoms with Crippen molar-refractivity contribution >= 4 is 40.0 Å². The van der Waals surface area contributed by atoms with E-state index in [0.717, 1.165) is 10.4 Å². The third-order valence-corrected chi connectivity index (χ3v) is 7.11. The quantitative estimate of drug-likeness (QED) is 0.212. The first-order valence-electron chi connectivity index (χ1n) is 10.9. The first-order chi connectivity index (χ1) is 16.8. The van der Waals surface area contributed by atoms with Gasteiger partial charge in [0.05, 0.1) is 18.4 Å². The van der Waals surface area contributed by atoms with Gasteiger partial charge in [0.15, 0.2) is 17.1 Å². The molecule has 0 spiro atoms. The van der Waals surface area contributed by atoms with E-state index in [2.05, 4.69) is 22.1 Å². The summed E-state index contributed by atoms with van der Waals surface area (Å²) >= 11 is 2.56. The van der Waals surface area contributed by atoms with Crippen LogP contribution in [-0.2, 0) is 22.5 Å². The summed E-state index contributed by atoms with van der Waals surface area (Å²) < 4.78 is 25.8. The maximum Gasteiger partial charge on any atom is 0.341 e. The van der Waals surface area contributed by atoms with Gasteiger partial charge in [-0.3, -0.25) is 9.36 Å². The van der Waals surface area contributed by atoms with Crippen molar-refractivity contribution in [2.45, 2.75) is 45.0 Å².